The van der Waals surface area contributed by atoms with E-state index in [1.54, 1.807) is 18.6 Å². The van der Waals surface area contributed by atoms with E-state index >= 15 is 0 Å². The summed E-state index contributed by atoms with van der Waals surface area (Å²) in [5, 5.41) is 2.82. The number of nitrogens with one attached hydrogen (secondary N) is 1. The lowest BCUT2D eigenvalue weighted by molar-refractivity contribution is -0.119. The van der Waals surface area contributed by atoms with Gasteiger partial charge in [0.15, 0.2) is 0 Å². The van der Waals surface area contributed by atoms with Gasteiger partial charge in [-0.1, -0.05) is 24.3 Å². The molecule has 0 aliphatic carbocycles. The summed E-state index contributed by atoms with van der Waals surface area (Å²) in [4.78, 5) is 16.7. The minimum atomic E-state index is -3.84. The van der Waals surface area contributed by atoms with E-state index in [2.05, 4.69) is 10.3 Å². The van der Waals surface area contributed by atoms with Crippen molar-refractivity contribution in [3.05, 3.63) is 77.9 Å². The first-order valence-electron chi connectivity index (χ1n) is 9.80. The maximum absolute atomic E-state index is 12.9. The van der Waals surface area contributed by atoms with Crippen molar-refractivity contribution in [2.24, 2.45) is 0 Å². The van der Waals surface area contributed by atoms with E-state index in [0.29, 0.717) is 12.2 Å². The number of amides is 1. The maximum Gasteiger partial charge on any atom is 0.304 e. The molecule has 9 heteroatoms. The van der Waals surface area contributed by atoms with E-state index in [-0.39, 0.29) is 12.5 Å². The summed E-state index contributed by atoms with van der Waals surface area (Å²) in [7, 11) is -0.940. The highest BCUT2D eigenvalue weighted by molar-refractivity contribution is 7.90. The fourth-order valence-corrected chi connectivity index (χ4v) is 4.18. The molecule has 1 heterocycles. The third kappa shape index (κ3) is 5.31. The van der Waals surface area contributed by atoms with Gasteiger partial charge >= 0.3 is 10.2 Å². The molecule has 0 unspecified atom stereocenters. The standard InChI is InChI=1S/C22H27N5O3S/c1-17-5-6-18(2)21(13-17)27(31(29,30)25(3)4)15-22(28)24-14-19-7-9-20(10-8-19)26-12-11-23-16-26/h5-13,16H,14-15H2,1-4H3,(H,24,28). The second kappa shape index (κ2) is 9.32. The lowest BCUT2D eigenvalue weighted by Crippen LogP contribution is -2.46. The molecule has 1 N–H and O–H groups in total. The third-order valence-corrected chi connectivity index (χ3v) is 6.69. The molecular weight excluding hydrogens is 414 g/mol. The minimum Gasteiger partial charge on any atom is -0.350 e. The van der Waals surface area contributed by atoms with Crippen LogP contribution >= 0.6 is 0 Å². The molecule has 3 rings (SSSR count). The molecule has 2 aromatic carbocycles. The second-order valence-electron chi connectivity index (χ2n) is 7.50. The van der Waals surface area contributed by atoms with E-state index in [1.165, 1.54) is 14.1 Å². The Morgan fingerprint density at radius 1 is 1.10 bits per heavy atom. The first kappa shape index (κ1) is 22.5. The van der Waals surface area contributed by atoms with Crippen LogP contribution in [0.2, 0.25) is 0 Å². The van der Waals surface area contributed by atoms with E-state index in [0.717, 1.165) is 31.0 Å². The monoisotopic (exact) mass is 441 g/mol. The van der Waals surface area contributed by atoms with Gasteiger partial charge in [-0.25, -0.2) is 9.29 Å². The van der Waals surface area contributed by atoms with Crippen molar-refractivity contribution in [2.75, 3.05) is 24.9 Å². The average molecular weight is 442 g/mol. The van der Waals surface area contributed by atoms with Crippen molar-refractivity contribution in [3.63, 3.8) is 0 Å². The van der Waals surface area contributed by atoms with Gasteiger partial charge in [0.25, 0.3) is 0 Å². The van der Waals surface area contributed by atoms with Crippen LogP contribution in [0.5, 0.6) is 0 Å². The Kier molecular flexibility index (Phi) is 6.77. The highest BCUT2D eigenvalue weighted by atomic mass is 32.2. The Bertz CT molecular complexity index is 1140. The van der Waals surface area contributed by atoms with Gasteiger partial charge in [0.2, 0.25) is 5.91 Å². The Hall–Kier alpha value is -3.17. The Morgan fingerprint density at radius 2 is 1.81 bits per heavy atom. The summed E-state index contributed by atoms with van der Waals surface area (Å²) >= 11 is 0. The van der Waals surface area contributed by atoms with E-state index in [1.807, 2.05) is 61.0 Å². The van der Waals surface area contributed by atoms with Crippen LogP contribution in [0.3, 0.4) is 0 Å². The highest BCUT2D eigenvalue weighted by Gasteiger charge is 2.28. The zero-order valence-electron chi connectivity index (χ0n) is 18.1. The molecule has 0 fully saturated rings. The van der Waals surface area contributed by atoms with Crippen LogP contribution < -0.4 is 9.62 Å². The quantitative estimate of drug-likeness (QED) is 0.582. The summed E-state index contributed by atoms with van der Waals surface area (Å²) < 4.78 is 30.0. The Balaban J connectivity index is 1.73. The van der Waals surface area contributed by atoms with Crippen LogP contribution in [-0.2, 0) is 21.5 Å². The molecule has 1 aromatic heterocycles. The van der Waals surface area contributed by atoms with Gasteiger partial charge in [0.1, 0.15) is 6.54 Å². The van der Waals surface area contributed by atoms with Gasteiger partial charge in [-0.05, 0) is 48.7 Å². The summed E-state index contributed by atoms with van der Waals surface area (Å²) in [5.41, 5.74) is 4.06. The van der Waals surface area contributed by atoms with E-state index in [9.17, 15) is 13.2 Å². The van der Waals surface area contributed by atoms with Crippen LogP contribution in [-0.4, -0.2) is 48.8 Å². The van der Waals surface area contributed by atoms with E-state index in [4.69, 9.17) is 0 Å². The van der Waals surface area contributed by atoms with Crippen molar-refractivity contribution in [1.29, 1.82) is 0 Å². The van der Waals surface area contributed by atoms with Gasteiger partial charge in [0.05, 0.1) is 12.0 Å². The first-order valence-corrected chi connectivity index (χ1v) is 11.2. The molecular formula is C22H27N5O3S. The van der Waals surface area contributed by atoms with Gasteiger partial charge < -0.3 is 9.88 Å². The van der Waals surface area contributed by atoms with Crippen LogP contribution in [0.25, 0.3) is 5.69 Å². The van der Waals surface area contributed by atoms with Crippen LogP contribution in [0.15, 0.2) is 61.2 Å². The summed E-state index contributed by atoms with van der Waals surface area (Å²) in [6, 6.07) is 13.2. The van der Waals surface area contributed by atoms with Crippen molar-refractivity contribution < 1.29 is 13.2 Å². The molecule has 0 saturated carbocycles. The topological polar surface area (TPSA) is 87.5 Å². The van der Waals surface area contributed by atoms with Gasteiger partial charge in [-0.2, -0.15) is 12.7 Å². The number of rotatable bonds is 8. The number of benzene rings is 2. The average Bonchev–Trinajstić information content (AvgIpc) is 3.27. The van der Waals surface area contributed by atoms with Crippen LogP contribution in [0, 0.1) is 13.8 Å². The molecule has 1 amide bonds. The highest BCUT2D eigenvalue weighted by Crippen LogP contribution is 2.25. The zero-order chi connectivity index (χ0) is 22.6. The molecule has 0 bridgehead atoms. The number of carbonyl (C=O) groups excluding carboxylic acids is 1. The second-order valence-corrected chi connectivity index (χ2v) is 9.57. The molecule has 8 nitrogen and oxygen atoms in total. The Labute approximate surface area is 183 Å². The largest absolute Gasteiger partial charge is 0.350 e. The minimum absolute atomic E-state index is 0.297. The predicted molar refractivity (Wildman–Crippen MR) is 121 cm³/mol. The number of aryl methyl sites for hydroxylation is 2. The van der Waals surface area contributed by atoms with Crippen LogP contribution in [0.4, 0.5) is 5.69 Å². The van der Waals surface area contributed by atoms with Crippen molar-refractivity contribution in [1.82, 2.24) is 19.2 Å². The van der Waals surface area contributed by atoms with Crippen molar-refractivity contribution >= 4 is 21.8 Å². The molecule has 3 aromatic rings. The number of hydrogen-bond acceptors (Lipinski definition) is 4. The van der Waals surface area contributed by atoms with E-state index < -0.39 is 10.2 Å². The predicted octanol–water partition coefficient (Wildman–Crippen LogP) is 2.42. The molecule has 0 saturated heterocycles. The lowest BCUT2D eigenvalue weighted by atomic mass is 10.1. The molecule has 0 atom stereocenters. The fourth-order valence-electron chi connectivity index (χ4n) is 3.06. The van der Waals surface area contributed by atoms with Crippen molar-refractivity contribution in [3.8, 4) is 5.69 Å². The SMILES string of the molecule is Cc1ccc(C)c(N(CC(=O)NCc2ccc(-n3ccnc3)cc2)S(=O)(=O)N(C)C)c1. The van der Waals surface area contributed by atoms with Gasteiger partial charge in [0, 0.05) is 38.7 Å². The zero-order valence-corrected chi connectivity index (χ0v) is 18.9. The number of nitrogens with zero attached hydrogens (tertiary/aromatic N) is 4. The summed E-state index contributed by atoms with van der Waals surface area (Å²) in [5.74, 6) is -0.384. The summed E-state index contributed by atoms with van der Waals surface area (Å²) in [6.45, 7) is 3.70. The molecule has 0 radical (unpaired) electrons. The number of hydrogen-bond donors (Lipinski definition) is 1. The lowest BCUT2D eigenvalue weighted by Gasteiger charge is -2.28. The number of imidazole rings is 1. The first-order chi connectivity index (χ1) is 14.7. The van der Waals surface area contributed by atoms with Crippen molar-refractivity contribution in [2.45, 2.75) is 20.4 Å². The Morgan fingerprint density at radius 3 is 2.42 bits per heavy atom. The maximum atomic E-state index is 12.9. The fraction of sp³-hybridized carbons (Fsp3) is 0.273. The normalized spacial score (nSPS) is 11.5. The molecule has 0 spiro atoms. The molecule has 0 aliphatic rings. The van der Waals surface area contributed by atoms with Gasteiger partial charge in [-0.15, -0.1) is 0 Å². The number of anilines is 1. The number of aromatic nitrogens is 2. The molecule has 31 heavy (non-hydrogen) atoms. The summed E-state index contributed by atoms with van der Waals surface area (Å²) in [6.07, 6.45) is 5.27. The van der Waals surface area contributed by atoms with Crippen LogP contribution in [0.1, 0.15) is 16.7 Å². The smallest absolute Gasteiger partial charge is 0.304 e. The molecule has 164 valence electrons. The number of carbonyl (C=O) groups is 1. The van der Waals surface area contributed by atoms with Gasteiger partial charge in [-0.3, -0.25) is 4.79 Å². The molecule has 0 aliphatic heterocycles. The third-order valence-electron chi connectivity index (χ3n) is 4.89.